The Balaban J connectivity index is 0.00000256. The minimum atomic E-state index is -0.239. The van der Waals surface area contributed by atoms with Crippen molar-refractivity contribution in [3.05, 3.63) is 78.1 Å². The van der Waals surface area contributed by atoms with E-state index in [1.807, 2.05) is 36.5 Å². The largest absolute Gasteiger partial charge is 0.444 e. The Labute approximate surface area is 191 Å². The van der Waals surface area contributed by atoms with Crippen LogP contribution < -0.4 is 10.6 Å². The number of nitrogens with one attached hydrogen (secondary N) is 3. The molecule has 0 radical (unpaired) electrons. The number of benzene rings is 2. The molecule has 0 unspecified atom stereocenters. The molecule has 2 aromatic carbocycles. The molecule has 0 amide bonds. The Morgan fingerprint density at radius 3 is 2.80 bits per heavy atom. The lowest BCUT2D eigenvalue weighted by molar-refractivity contribution is 0.572. The molecule has 4 aromatic rings. The van der Waals surface area contributed by atoms with E-state index in [1.54, 1.807) is 19.4 Å². The van der Waals surface area contributed by atoms with E-state index < -0.39 is 0 Å². The highest BCUT2D eigenvalue weighted by Gasteiger charge is 2.08. The van der Waals surface area contributed by atoms with Gasteiger partial charge in [-0.2, -0.15) is 0 Å². The lowest BCUT2D eigenvalue weighted by Crippen LogP contribution is -2.37. The number of hydrogen-bond donors (Lipinski definition) is 3. The summed E-state index contributed by atoms with van der Waals surface area (Å²) in [6.45, 7) is 1.19. The fourth-order valence-corrected chi connectivity index (χ4v) is 3.18. The van der Waals surface area contributed by atoms with Crippen LogP contribution in [0.5, 0.6) is 0 Å². The molecule has 30 heavy (non-hydrogen) atoms. The van der Waals surface area contributed by atoms with E-state index in [-0.39, 0.29) is 29.8 Å². The number of nitrogens with zero attached hydrogens (tertiary/aromatic N) is 2. The summed E-state index contributed by atoms with van der Waals surface area (Å²) in [5.41, 5.74) is 3.68. The van der Waals surface area contributed by atoms with E-state index in [1.165, 1.54) is 12.1 Å². The Kier molecular flexibility index (Phi) is 7.45. The number of hydrogen-bond acceptors (Lipinski definition) is 3. The summed E-state index contributed by atoms with van der Waals surface area (Å²) in [5, 5.41) is 7.55. The third kappa shape index (κ3) is 5.18. The van der Waals surface area contributed by atoms with Crippen molar-refractivity contribution in [3.8, 4) is 11.5 Å². The van der Waals surface area contributed by atoms with Crippen LogP contribution in [0.15, 0.2) is 70.4 Å². The zero-order valence-electron chi connectivity index (χ0n) is 16.5. The van der Waals surface area contributed by atoms with Crippen LogP contribution in [0.2, 0.25) is 0 Å². The van der Waals surface area contributed by atoms with Crippen LogP contribution in [0.3, 0.4) is 0 Å². The van der Waals surface area contributed by atoms with Gasteiger partial charge in [0.15, 0.2) is 5.96 Å². The second-order valence-electron chi connectivity index (χ2n) is 6.62. The zero-order valence-corrected chi connectivity index (χ0v) is 18.8. The van der Waals surface area contributed by atoms with Gasteiger partial charge in [-0.25, -0.2) is 9.37 Å². The molecule has 0 fully saturated rings. The van der Waals surface area contributed by atoms with Crippen molar-refractivity contribution in [1.82, 2.24) is 20.6 Å². The molecule has 4 rings (SSSR count). The van der Waals surface area contributed by atoms with Crippen LogP contribution in [-0.2, 0) is 13.0 Å². The summed E-state index contributed by atoms with van der Waals surface area (Å²) in [6.07, 6.45) is 4.35. The molecular formula is C22H23FIN5O. The first-order valence-electron chi connectivity index (χ1n) is 9.43. The lowest BCUT2D eigenvalue weighted by atomic mass is 10.1. The van der Waals surface area contributed by atoms with Gasteiger partial charge in [0.2, 0.25) is 5.89 Å². The maximum atomic E-state index is 13.3. The molecule has 0 atom stereocenters. The van der Waals surface area contributed by atoms with E-state index >= 15 is 0 Å². The summed E-state index contributed by atoms with van der Waals surface area (Å²) < 4.78 is 18.9. The Morgan fingerprint density at radius 1 is 1.17 bits per heavy atom. The van der Waals surface area contributed by atoms with Gasteiger partial charge in [0, 0.05) is 36.3 Å². The highest BCUT2D eigenvalue weighted by atomic mass is 127. The number of rotatable bonds is 6. The number of H-pyrrole nitrogens is 1. The fraction of sp³-hybridized carbons (Fsp3) is 0.182. The molecule has 0 aliphatic heterocycles. The quantitative estimate of drug-likeness (QED) is 0.199. The van der Waals surface area contributed by atoms with E-state index in [0.29, 0.717) is 24.9 Å². The van der Waals surface area contributed by atoms with Gasteiger partial charge in [-0.05, 0) is 42.3 Å². The smallest absolute Gasteiger partial charge is 0.226 e. The van der Waals surface area contributed by atoms with Gasteiger partial charge >= 0.3 is 0 Å². The first-order valence-corrected chi connectivity index (χ1v) is 9.43. The number of oxazole rings is 1. The van der Waals surface area contributed by atoms with Gasteiger partial charge in [-0.3, -0.25) is 4.99 Å². The van der Waals surface area contributed by atoms with Gasteiger partial charge in [0.05, 0.1) is 12.2 Å². The molecule has 2 heterocycles. The second kappa shape index (κ2) is 10.2. The predicted octanol–water partition coefficient (Wildman–Crippen LogP) is 4.49. The average molecular weight is 519 g/mol. The molecule has 0 bridgehead atoms. The number of aromatic amines is 1. The van der Waals surface area contributed by atoms with Gasteiger partial charge in [-0.15, -0.1) is 24.0 Å². The summed E-state index contributed by atoms with van der Waals surface area (Å²) >= 11 is 0. The first kappa shape index (κ1) is 21.8. The van der Waals surface area contributed by atoms with Gasteiger partial charge < -0.3 is 20.0 Å². The lowest BCUT2D eigenvalue weighted by Gasteiger charge is -2.10. The third-order valence-electron chi connectivity index (χ3n) is 4.65. The van der Waals surface area contributed by atoms with Gasteiger partial charge in [-0.1, -0.05) is 18.2 Å². The molecule has 156 valence electrons. The van der Waals surface area contributed by atoms with Crippen molar-refractivity contribution in [2.24, 2.45) is 4.99 Å². The molecule has 6 nitrogen and oxygen atoms in total. The molecule has 0 aliphatic rings. The molecule has 0 aliphatic carbocycles. The van der Waals surface area contributed by atoms with Crippen molar-refractivity contribution >= 4 is 40.8 Å². The van der Waals surface area contributed by atoms with Crippen LogP contribution >= 0.6 is 24.0 Å². The second-order valence-corrected chi connectivity index (χ2v) is 6.62. The zero-order chi connectivity index (χ0) is 20.1. The van der Waals surface area contributed by atoms with E-state index in [9.17, 15) is 4.39 Å². The van der Waals surface area contributed by atoms with Crippen molar-refractivity contribution in [1.29, 1.82) is 0 Å². The van der Waals surface area contributed by atoms with E-state index in [4.69, 9.17) is 4.42 Å². The van der Waals surface area contributed by atoms with Crippen LogP contribution in [0.4, 0.5) is 4.39 Å². The van der Waals surface area contributed by atoms with E-state index in [2.05, 4.69) is 25.6 Å². The molecule has 0 spiro atoms. The van der Waals surface area contributed by atoms with Crippen LogP contribution in [0.1, 0.15) is 11.3 Å². The average Bonchev–Trinajstić information content (AvgIpc) is 3.38. The normalized spacial score (nSPS) is 11.3. The molecule has 2 aromatic heterocycles. The van der Waals surface area contributed by atoms with Gasteiger partial charge in [0.1, 0.15) is 12.1 Å². The number of aliphatic imine (C=N–C) groups is 1. The SMILES string of the molecule is CN=C(NCCc1c[nH]c2cc(F)ccc12)NCc1coc(-c2ccccc2)n1.I. The number of guanidine groups is 1. The summed E-state index contributed by atoms with van der Waals surface area (Å²) in [7, 11) is 1.72. The van der Waals surface area contributed by atoms with Crippen molar-refractivity contribution in [2.45, 2.75) is 13.0 Å². The highest BCUT2D eigenvalue weighted by molar-refractivity contribution is 14.0. The summed E-state index contributed by atoms with van der Waals surface area (Å²) in [5.74, 6) is 1.04. The topological polar surface area (TPSA) is 78.2 Å². The minimum absolute atomic E-state index is 0. The summed E-state index contributed by atoms with van der Waals surface area (Å²) in [4.78, 5) is 11.9. The van der Waals surface area contributed by atoms with Crippen molar-refractivity contribution in [3.63, 3.8) is 0 Å². The first-order chi connectivity index (χ1) is 14.2. The maximum Gasteiger partial charge on any atom is 0.226 e. The predicted molar refractivity (Wildman–Crippen MR) is 128 cm³/mol. The number of halogens is 2. The standard InChI is InChI=1S/C22H22FN5O.HI/c1-24-22(25-10-9-16-12-26-20-11-17(23)7-8-19(16)20)27-13-18-14-29-21(28-18)15-5-3-2-4-6-15;/h2-8,11-12,14,26H,9-10,13H2,1H3,(H2,24,25,27);1H. The Hall–Kier alpha value is -2.88. The molecular weight excluding hydrogens is 496 g/mol. The molecule has 8 heteroatoms. The number of fused-ring (bicyclic) bond motifs is 1. The molecule has 0 saturated heterocycles. The monoisotopic (exact) mass is 519 g/mol. The minimum Gasteiger partial charge on any atom is -0.444 e. The Bertz CT molecular complexity index is 1120. The fourth-order valence-electron chi connectivity index (χ4n) is 3.18. The van der Waals surface area contributed by atoms with E-state index in [0.717, 1.165) is 34.1 Å². The number of aromatic nitrogens is 2. The summed E-state index contributed by atoms with van der Waals surface area (Å²) in [6, 6.07) is 14.6. The highest BCUT2D eigenvalue weighted by Crippen LogP contribution is 2.19. The molecule has 0 saturated carbocycles. The van der Waals surface area contributed by atoms with Gasteiger partial charge in [0.25, 0.3) is 0 Å². The third-order valence-corrected chi connectivity index (χ3v) is 4.65. The van der Waals surface area contributed by atoms with Crippen molar-refractivity contribution in [2.75, 3.05) is 13.6 Å². The van der Waals surface area contributed by atoms with Crippen LogP contribution in [-0.4, -0.2) is 29.5 Å². The molecule has 3 N–H and O–H groups in total. The van der Waals surface area contributed by atoms with Crippen molar-refractivity contribution < 1.29 is 8.81 Å². The van der Waals surface area contributed by atoms with Crippen LogP contribution in [0, 0.1) is 5.82 Å². The van der Waals surface area contributed by atoms with Crippen LogP contribution in [0.25, 0.3) is 22.4 Å². The Morgan fingerprint density at radius 2 is 2.00 bits per heavy atom. The maximum absolute atomic E-state index is 13.3.